The Kier molecular flexibility index (Phi) is 7.66. The number of para-hydroxylation sites is 1. The molecule has 0 spiro atoms. The van der Waals surface area contributed by atoms with Crippen LogP contribution < -0.4 is 5.56 Å². The lowest BCUT2D eigenvalue weighted by Gasteiger charge is -2.29. The quantitative estimate of drug-likeness (QED) is 0.294. The van der Waals surface area contributed by atoms with Gasteiger partial charge in [0.1, 0.15) is 11.6 Å². The van der Waals surface area contributed by atoms with Crippen molar-refractivity contribution in [1.82, 2.24) is 13.9 Å². The van der Waals surface area contributed by atoms with Crippen LogP contribution in [-0.4, -0.2) is 28.8 Å². The van der Waals surface area contributed by atoms with Gasteiger partial charge in [-0.2, -0.15) is 4.31 Å². The molecule has 188 valence electrons. The number of nitrogens with zero attached hydrogens (tertiary/aromatic N) is 3. The zero-order valence-corrected chi connectivity index (χ0v) is 21.5. The fraction of sp³-hybridized carbons (Fsp3) is 0.286. The van der Waals surface area contributed by atoms with E-state index < -0.39 is 21.9 Å². The molecule has 0 radical (unpaired) electrons. The number of sulfonamides is 1. The lowest BCUT2D eigenvalue weighted by molar-refractivity contribution is 0.322. The third-order valence-electron chi connectivity index (χ3n) is 6.36. The van der Waals surface area contributed by atoms with Gasteiger partial charge < -0.3 is 0 Å². The highest BCUT2D eigenvalue weighted by molar-refractivity contribution is 7.89. The molecule has 1 heterocycles. The predicted molar refractivity (Wildman–Crippen MR) is 140 cm³/mol. The first-order valence-corrected chi connectivity index (χ1v) is 13.6. The Hall–Kier alpha value is -3.36. The Balaban J connectivity index is 1.93. The monoisotopic (exact) mass is 507 g/mol. The van der Waals surface area contributed by atoms with Crippen LogP contribution in [0.4, 0.5) is 4.39 Å². The van der Waals surface area contributed by atoms with E-state index in [-0.39, 0.29) is 17.0 Å². The van der Waals surface area contributed by atoms with Crippen LogP contribution in [0.5, 0.6) is 0 Å². The van der Waals surface area contributed by atoms with Gasteiger partial charge in [-0.1, -0.05) is 44.5 Å². The number of hydrogen-bond donors (Lipinski definition) is 0. The zero-order valence-electron chi connectivity index (χ0n) is 20.7. The minimum absolute atomic E-state index is 0.00571. The molecule has 4 rings (SSSR count). The van der Waals surface area contributed by atoms with Crippen molar-refractivity contribution in [1.29, 1.82) is 0 Å². The molecule has 0 saturated heterocycles. The minimum Gasteiger partial charge on any atom is -0.268 e. The van der Waals surface area contributed by atoms with Gasteiger partial charge in [-0.3, -0.25) is 9.36 Å². The summed E-state index contributed by atoms with van der Waals surface area (Å²) < 4.78 is 43.9. The number of halogens is 1. The van der Waals surface area contributed by atoms with Crippen LogP contribution in [0.15, 0.2) is 82.5 Å². The summed E-state index contributed by atoms with van der Waals surface area (Å²) in [6, 6.07) is 18.7. The molecule has 0 amide bonds. The zero-order chi connectivity index (χ0) is 25.9. The Morgan fingerprint density at radius 2 is 1.64 bits per heavy atom. The van der Waals surface area contributed by atoms with Crippen molar-refractivity contribution in [3.05, 3.63) is 100 Å². The molecular weight excluding hydrogens is 477 g/mol. The maximum absolute atomic E-state index is 13.7. The third-order valence-corrected chi connectivity index (χ3v) is 8.35. The molecule has 0 saturated carbocycles. The van der Waals surface area contributed by atoms with Crippen molar-refractivity contribution >= 4 is 20.9 Å². The molecule has 0 bridgehead atoms. The summed E-state index contributed by atoms with van der Waals surface area (Å²) in [6.07, 6.45) is 2.25. The van der Waals surface area contributed by atoms with Crippen LogP contribution in [0.3, 0.4) is 0 Å². The lowest BCUT2D eigenvalue weighted by Crippen LogP contribution is -2.38. The highest BCUT2D eigenvalue weighted by Crippen LogP contribution is 2.29. The molecule has 0 aliphatic carbocycles. The second-order valence-corrected chi connectivity index (χ2v) is 10.6. The average molecular weight is 508 g/mol. The van der Waals surface area contributed by atoms with E-state index in [0.29, 0.717) is 28.8 Å². The topological polar surface area (TPSA) is 72.3 Å². The fourth-order valence-corrected chi connectivity index (χ4v) is 5.90. The first-order valence-electron chi connectivity index (χ1n) is 12.2. The van der Waals surface area contributed by atoms with Crippen LogP contribution in [-0.2, 0) is 16.4 Å². The van der Waals surface area contributed by atoms with Crippen LogP contribution in [0, 0.1) is 5.82 Å². The van der Waals surface area contributed by atoms with Crippen molar-refractivity contribution in [3.8, 4) is 5.69 Å². The molecular formula is C28H30FN3O3S. The molecule has 1 atom stereocenters. The summed E-state index contributed by atoms with van der Waals surface area (Å²) in [6.45, 7) is 6.00. The number of rotatable bonds is 9. The number of benzene rings is 3. The van der Waals surface area contributed by atoms with E-state index in [9.17, 15) is 17.6 Å². The van der Waals surface area contributed by atoms with E-state index in [1.54, 1.807) is 31.2 Å². The van der Waals surface area contributed by atoms with Gasteiger partial charge in [0.05, 0.1) is 27.5 Å². The van der Waals surface area contributed by atoms with E-state index in [0.717, 1.165) is 30.5 Å². The Labute approximate surface area is 211 Å². The Morgan fingerprint density at radius 3 is 2.28 bits per heavy atom. The number of aromatic nitrogens is 2. The lowest BCUT2D eigenvalue weighted by atomic mass is 10.1. The summed E-state index contributed by atoms with van der Waals surface area (Å²) in [4.78, 5) is 18.5. The highest BCUT2D eigenvalue weighted by atomic mass is 32.2. The van der Waals surface area contributed by atoms with Gasteiger partial charge in [-0.25, -0.2) is 17.8 Å². The van der Waals surface area contributed by atoms with E-state index in [4.69, 9.17) is 4.98 Å². The van der Waals surface area contributed by atoms with E-state index >= 15 is 0 Å². The maximum Gasteiger partial charge on any atom is 0.266 e. The highest BCUT2D eigenvalue weighted by Gasteiger charge is 2.32. The second kappa shape index (κ2) is 10.7. The number of unbranched alkanes of at least 4 members (excludes halogenated alkanes) is 1. The van der Waals surface area contributed by atoms with Crippen LogP contribution >= 0.6 is 0 Å². The van der Waals surface area contributed by atoms with Gasteiger partial charge in [-0.05, 0) is 73.9 Å². The largest absolute Gasteiger partial charge is 0.268 e. The van der Waals surface area contributed by atoms with E-state index in [1.165, 1.54) is 21.0 Å². The molecule has 4 aromatic rings. The van der Waals surface area contributed by atoms with Crippen molar-refractivity contribution in [2.75, 3.05) is 6.54 Å². The van der Waals surface area contributed by atoms with E-state index in [2.05, 4.69) is 6.92 Å². The molecule has 1 unspecified atom stereocenters. The number of hydrogen-bond acceptors (Lipinski definition) is 4. The molecule has 0 aliphatic heterocycles. The van der Waals surface area contributed by atoms with E-state index in [1.807, 2.05) is 31.2 Å². The van der Waals surface area contributed by atoms with Gasteiger partial charge in [0, 0.05) is 6.54 Å². The summed E-state index contributed by atoms with van der Waals surface area (Å²) in [5, 5.41) is 0.453. The molecule has 8 heteroatoms. The standard InChI is InChI=1S/C28H30FN3O3S/c1-4-6-19-31(36(34,35)24-17-13-22(29)14-18-24)20(3)27-30-26-10-8-7-9-25(26)28(33)32(27)23-15-11-21(5-2)12-16-23/h7-18,20H,4-6,19H2,1-3H3. The summed E-state index contributed by atoms with van der Waals surface area (Å²) in [7, 11) is -4.00. The smallest absolute Gasteiger partial charge is 0.266 e. The first-order chi connectivity index (χ1) is 17.3. The Bertz CT molecular complexity index is 1510. The predicted octanol–water partition coefficient (Wildman–Crippen LogP) is 5.64. The van der Waals surface area contributed by atoms with Gasteiger partial charge in [0.15, 0.2) is 0 Å². The van der Waals surface area contributed by atoms with Crippen molar-refractivity contribution in [3.63, 3.8) is 0 Å². The Morgan fingerprint density at radius 1 is 0.972 bits per heavy atom. The molecule has 36 heavy (non-hydrogen) atoms. The van der Waals surface area contributed by atoms with Gasteiger partial charge >= 0.3 is 0 Å². The average Bonchev–Trinajstić information content (AvgIpc) is 2.89. The van der Waals surface area contributed by atoms with Crippen LogP contribution in [0.25, 0.3) is 16.6 Å². The summed E-state index contributed by atoms with van der Waals surface area (Å²) >= 11 is 0. The number of fused-ring (bicyclic) bond motifs is 1. The second-order valence-electron chi connectivity index (χ2n) is 8.75. The van der Waals surface area contributed by atoms with Crippen molar-refractivity contribution < 1.29 is 12.8 Å². The third kappa shape index (κ3) is 4.96. The van der Waals surface area contributed by atoms with Crippen LogP contribution in [0.2, 0.25) is 0 Å². The molecule has 0 aliphatic rings. The van der Waals surface area contributed by atoms with Gasteiger partial charge in [-0.15, -0.1) is 0 Å². The molecule has 0 N–H and O–H groups in total. The SMILES string of the molecule is CCCCN(C(C)c1nc2ccccc2c(=O)n1-c1ccc(CC)cc1)S(=O)(=O)c1ccc(F)cc1. The molecule has 6 nitrogen and oxygen atoms in total. The van der Waals surface area contributed by atoms with Crippen molar-refractivity contribution in [2.45, 2.75) is 51.0 Å². The maximum atomic E-state index is 13.7. The fourth-order valence-electron chi connectivity index (χ4n) is 4.27. The van der Waals surface area contributed by atoms with Crippen LogP contribution in [0.1, 0.15) is 51.0 Å². The first kappa shape index (κ1) is 25.7. The van der Waals surface area contributed by atoms with Gasteiger partial charge in [0.2, 0.25) is 10.0 Å². The minimum atomic E-state index is -4.00. The summed E-state index contributed by atoms with van der Waals surface area (Å²) in [5.74, 6) is -0.188. The molecule has 0 fully saturated rings. The molecule has 1 aromatic heterocycles. The normalized spacial score (nSPS) is 12.8. The van der Waals surface area contributed by atoms with Crippen molar-refractivity contribution in [2.24, 2.45) is 0 Å². The molecule has 3 aromatic carbocycles. The summed E-state index contributed by atoms with van der Waals surface area (Å²) in [5.41, 5.74) is 1.98. The number of aryl methyl sites for hydroxylation is 1. The van der Waals surface area contributed by atoms with Gasteiger partial charge in [0.25, 0.3) is 5.56 Å².